The van der Waals surface area contributed by atoms with Crippen LogP contribution in [0.2, 0.25) is 0 Å². The maximum absolute atomic E-state index is 11.8. The molecule has 0 bridgehead atoms. The zero-order valence-electron chi connectivity index (χ0n) is 13.4. The van der Waals surface area contributed by atoms with Crippen molar-refractivity contribution in [3.8, 4) is 0 Å². The Morgan fingerprint density at radius 2 is 1.88 bits per heavy atom. The number of hydrogen-bond acceptors (Lipinski definition) is 5. The van der Waals surface area contributed by atoms with Gasteiger partial charge in [-0.05, 0) is 23.3 Å². The van der Waals surface area contributed by atoms with Gasteiger partial charge >= 0.3 is 0 Å². The van der Waals surface area contributed by atoms with E-state index < -0.39 is 5.91 Å². The Bertz CT molecular complexity index is 811. The van der Waals surface area contributed by atoms with E-state index in [1.165, 1.54) is 18.7 Å². The number of amides is 2. The summed E-state index contributed by atoms with van der Waals surface area (Å²) < 4.78 is 6.69. The summed E-state index contributed by atoms with van der Waals surface area (Å²) >= 11 is 0. The molecule has 2 N–H and O–H groups in total. The molecule has 0 unspecified atom stereocenters. The van der Waals surface area contributed by atoms with Crippen molar-refractivity contribution in [1.29, 1.82) is 0 Å². The number of nitrogens with zero attached hydrogens (tertiary/aromatic N) is 3. The van der Waals surface area contributed by atoms with Crippen molar-refractivity contribution in [3.63, 3.8) is 0 Å². The maximum Gasteiger partial charge on any atom is 0.287 e. The standard InChI is InChI=1S/C17H17N5O3/c23-16(9-20-17(24)15-2-1-7-25-15)19-8-13-3-5-14(6-4-13)10-22-12-18-11-21-22/h1-7,11-12H,8-10H2,(H,19,23)(H,20,24). The van der Waals surface area contributed by atoms with Crippen LogP contribution in [-0.4, -0.2) is 33.1 Å². The predicted octanol–water partition coefficient (Wildman–Crippen LogP) is 0.966. The number of aromatic nitrogens is 3. The number of carbonyl (C=O) groups excluding carboxylic acids is 2. The van der Waals surface area contributed by atoms with Gasteiger partial charge in [0.2, 0.25) is 5.91 Å². The highest BCUT2D eigenvalue weighted by molar-refractivity contribution is 5.94. The van der Waals surface area contributed by atoms with Crippen molar-refractivity contribution in [3.05, 3.63) is 72.2 Å². The van der Waals surface area contributed by atoms with E-state index in [0.717, 1.165) is 11.1 Å². The summed E-state index contributed by atoms with van der Waals surface area (Å²) in [6.45, 7) is 0.925. The number of rotatable bonds is 7. The monoisotopic (exact) mass is 339 g/mol. The van der Waals surface area contributed by atoms with Crippen LogP contribution in [0.25, 0.3) is 0 Å². The van der Waals surface area contributed by atoms with Crippen LogP contribution >= 0.6 is 0 Å². The lowest BCUT2D eigenvalue weighted by molar-refractivity contribution is -0.120. The zero-order chi connectivity index (χ0) is 17.5. The first-order chi connectivity index (χ1) is 12.2. The first kappa shape index (κ1) is 16.4. The van der Waals surface area contributed by atoms with Gasteiger partial charge in [-0.15, -0.1) is 0 Å². The van der Waals surface area contributed by atoms with Crippen molar-refractivity contribution in [2.24, 2.45) is 0 Å². The first-order valence-electron chi connectivity index (χ1n) is 7.69. The van der Waals surface area contributed by atoms with Gasteiger partial charge < -0.3 is 15.1 Å². The largest absolute Gasteiger partial charge is 0.459 e. The Morgan fingerprint density at radius 1 is 1.08 bits per heavy atom. The van der Waals surface area contributed by atoms with Crippen LogP contribution < -0.4 is 10.6 Å². The highest BCUT2D eigenvalue weighted by Gasteiger charge is 2.09. The number of benzene rings is 1. The molecule has 8 heteroatoms. The van der Waals surface area contributed by atoms with E-state index in [0.29, 0.717) is 13.1 Å². The predicted molar refractivity (Wildman–Crippen MR) is 88.5 cm³/mol. The number of hydrogen-bond donors (Lipinski definition) is 2. The van der Waals surface area contributed by atoms with E-state index in [2.05, 4.69) is 20.7 Å². The third kappa shape index (κ3) is 4.77. The van der Waals surface area contributed by atoms with E-state index in [1.807, 2.05) is 24.3 Å². The van der Waals surface area contributed by atoms with E-state index in [9.17, 15) is 9.59 Å². The zero-order valence-corrected chi connectivity index (χ0v) is 13.4. The molecule has 0 saturated heterocycles. The summed E-state index contributed by atoms with van der Waals surface area (Å²) in [6, 6.07) is 11.0. The van der Waals surface area contributed by atoms with Gasteiger partial charge in [-0.2, -0.15) is 5.10 Å². The summed E-state index contributed by atoms with van der Waals surface area (Å²) in [5.74, 6) is -0.514. The second-order valence-electron chi connectivity index (χ2n) is 5.35. The topological polar surface area (TPSA) is 102 Å². The molecule has 0 spiro atoms. The van der Waals surface area contributed by atoms with Crippen molar-refractivity contribution >= 4 is 11.8 Å². The van der Waals surface area contributed by atoms with Crippen LogP contribution in [0.5, 0.6) is 0 Å². The Labute approximate surface area is 143 Å². The summed E-state index contributed by atoms with van der Waals surface area (Å²) in [6.07, 6.45) is 4.56. The van der Waals surface area contributed by atoms with Gasteiger partial charge in [-0.3, -0.25) is 9.59 Å². The molecule has 0 saturated carbocycles. The maximum atomic E-state index is 11.8. The van der Waals surface area contributed by atoms with Gasteiger partial charge in [-0.1, -0.05) is 24.3 Å². The third-order valence-electron chi connectivity index (χ3n) is 3.48. The Hall–Kier alpha value is -3.42. The van der Waals surface area contributed by atoms with E-state index >= 15 is 0 Å². The SMILES string of the molecule is O=C(CNC(=O)c1ccco1)NCc1ccc(Cn2cncn2)cc1. The normalized spacial score (nSPS) is 10.4. The smallest absolute Gasteiger partial charge is 0.287 e. The molecule has 3 aromatic rings. The molecular weight excluding hydrogens is 322 g/mol. The van der Waals surface area contributed by atoms with Gasteiger partial charge in [0, 0.05) is 6.54 Å². The number of carbonyl (C=O) groups is 2. The second kappa shape index (κ2) is 7.91. The number of nitrogens with one attached hydrogen (secondary N) is 2. The van der Waals surface area contributed by atoms with Crippen molar-refractivity contribution in [2.75, 3.05) is 6.54 Å². The lowest BCUT2D eigenvalue weighted by Gasteiger charge is -2.07. The first-order valence-corrected chi connectivity index (χ1v) is 7.69. The fraction of sp³-hybridized carbons (Fsp3) is 0.176. The minimum absolute atomic E-state index is 0.107. The highest BCUT2D eigenvalue weighted by Crippen LogP contribution is 2.05. The fourth-order valence-electron chi connectivity index (χ4n) is 2.18. The van der Waals surface area contributed by atoms with Crippen molar-refractivity contribution in [1.82, 2.24) is 25.4 Å². The van der Waals surface area contributed by atoms with Gasteiger partial charge in [0.15, 0.2) is 5.76 Å². The molecule has 0 aliphatic carbocycles. The van der Waals surface area contributed by atoms with Crippen LogP contribution in [-0.2, 0) is 17.9 Å². The lowest BCUT2D eigenvalue weighted by Crippen LogP contribution is -2.36. The molecule has 128 valence electrons. The lowest BCUT2D eigenvalue weighted by atomic mass is 10.1. The average molecular weight is 339 g/mol. The molecule has 0 fully saturated rings. The Morgan fingerprint density at radius 3 is 2.56 bits per heavy atom. The van der Waals surface area contributed by atoms with Crippen molar-refractivity contribution in [2.45, 2.75) is 13.1 Å². The van der Waals surface area contributed by atoms with Crippen LogP contribution in [0.3, 0.4) is 0 Å². The quantitative estimate of drug-likeness (QED) is 0.668. The number of furan rings is 1. The van der Waals surface area contributed by atoms with Crippen LogP contribution in [0.4, 0.5) is 0 Å². The van der Waals surface area contributed by atoms with Gasteiger partial charge in [-0.25, -0.2) is 9.67 Å². The fourth-order valence-corrected chi connectivity index (χ4v) is 2.18. The van der Waals surface area contributed by atoms with E-state index in [-0.39, 0.29) is 18.2 Å². The second-order valence-corrected chi connectivity index (χ2v) is 5.35. The highest BCUT2D eigenvalue weighted by atomic mass is 16.3. The summed E-state index contributed by atoms with van der Waals surface area (Å²) in [7, 11) is 0. The molecule has 25 heavy (non-hydrogen) atoms. The summed E-state index contributed by atoms with van der Waals surface area (Å²) in [4.78, 5) is 27.3. The summed E-state index contributed by atoms with van der Waals surface area (Å²) in [5, 5.41) is 9.30. The molecular formula is C17H17N5O3. The van der Waals surface area contributed by atoms with E-state index in [4.69, 9.17) is 4.42 Å². The summed E-state index contributed by atoms with van der Waals surface area (Å²) in [5.41, 5.74) is 2.05. The molecule has 0 radical (unpaired) electrons. The van der Waals surface area contributed by atoms with Crippen LogP contribution in [0.1, 0.15) is 21.7 Å². The minimum atomic E-state index is -0.419. The van der Waals surface area contributed by atoms with E-state index in [1.54, 1.807) is 17.1 Å². The molecule has 8 nitrogen and oxygen atoms in total. The van der Waals surface area contributed by atoms with Gasteiger partial charge in [0.25, 0.3) is 5.91 Å². The molecule has 0 aliphatic heterocycles. The Balaban J connectivity index is 1.42. The Kier molecular flexibility index (Phi) is 5.20. The minimum Gasteiger partial charge on any atom is -0.459 e. The molecule has 2 amide bonds. The molecule has 0 aliphatic rings. The molecule has 1 aromatic carbocycles. The molecule has 2 aromatic heterocycles. The third-order valence-corrected chi connectivity index (χ3v) is 3.48. The average Bonchev–Trinajstić information content (AvgIpc) is 3.33. The van der Waals surface area contributed by atoms with Gasteiger partial charge in [0.05, 0.1) is 19.4 Å². The van der Waals surface area contributed by atoms with Crippen LogP contribution in [0, 0.1) is 0 Å². The van der Waals surface area contributed by atoms with Crippen LogP contribution in [0.15, 0.2) is 59.7 Å². The molecule has 0 atom stereocenters. The molecule has 3 rings (SSSR count). The van der Waals surface area contributed by atoms with Gasteiger partial charge in [0.1, 0.15) is 12.7 Å². The van der Waals surface area contributed by atoms with Crippen molar-refractivity contribution < 1.29 is 14.0 Å². The molecule has 2 heterocycles.